The van der Waals surface area contributed by atoms with Crippen molar-refractivity contribution >= 4 is 11.6 Å². The van der Waals surface area contributed by atoms with Crippen molar-refractivity contribution in [2.24, 2.45) is 0 Å². The molecule has 108 valence electrons. The van der Waals surface area contributed by atoms with Crippen LogP contribution in [0.3, 0.4) is 0 Å². The molecule has 0 amide bonds. The molecule has 3 nitrogen and oxygen atoms in total. The highest BCUT2D eigenvalue weighted by atomic mass is 35.5. The maximum atomic E-state index is 9.90. The smallest absolute Gasteiger partial charge is 0.138 e. The summed E-state index contributed by atoms with van der Waals surface area (Å²) in [6.07, 6.45) is 1.64. The van der Waals surface area contributed by atoms with Gasteiger partial charge < -0.3 is 15.2 Å². The Bertz CT molecular complexity index is 382. The van der Waals surface area contributed by atoms with Gasteiger partial charge in [-0.15, -0.1) is 0 Å². The molecule has 19 heavy (non-hydrogen) atoms. The van der Waals surface area contributed by atoms with Crippen LogP contribution in [-0.2, 0) is 0 Å². The van der Waals surface area contributed by atoms with Crippen molar-refractivity contribution in [3.05, 3.63) is 29.3 Å². The lowest BCUT2D eigenvalue weighted by Crippen LogP contribution is -2.44. The molecule has 1 unspecified atom stereocenters. The third-order valence-electron chi connectivity index (χ3n) is 2.96. The maximum Gasteiger partial charge on any atom is 0.138 e. The molecule has 2 N–H and O–H groups in total. The van der Waals surface area contributed by atoms with Crippen molar-refractivity contribution in [1.29, 1.82) is 0 Å². The van der Waals surface area contributed by atoms with Crippen molar-refractivity contribution in [2.45, 2.75) is 45.3 Å². The number of aliphatic hydroxyl groups is 1. The van der Waals surface area contributed by atoms with E-state index in [9.17, 15) is 5.11 Å². The maximum absolute atomic E-state index is 9.90. The van der Waals surface area contributed by atoms with Crippen LogP contribution in [0.15, 0.2) is 24.3 Å². The largest absolute Gasteiger partial charge is 0.489 e. The number of β-amino-alcohol motifs (C(OH)–C–C–N with tert-alkyl or cyclic N) is 1. The second-order valence-electron chi connectivity index (χ2n) is 5.41. The van der Waals surface area contributed by atoms with Crippen LogP contribution in [0.4, 0.5) is 0 Å². The van der Waals surface area contributed by atoms with Gasteiger partial charge in [-0.1, -0.05) is 37.1 Å². The molecule has 1 aromatic carbocycles. The van der Waals surface area contributed by atoms with Gasteiger partial charge in [0.2, 0.25) is 0 Å². The van der Waals surface area contributed by atoms with Gasteiger partial charge >= 0.3 is 0 Å². The molecule has 0 aliphatic carbocycles. The van der Waals surface area contributed by atoms with Gasteiger partial charge in [0, 0.05) is 12.1 Å². The fourth-order valence-corrected chi connectivity index (χ4v) is 2.10. The van der Waals surface area contributed by atoms with E-state index < -0.39 is 6.10 Å². The summed E-state index contributed by atoms with van der Waals surface area (Å²) in [5.41, 5.74) is 0.0418. The SMILES string of the molecule is CCCC(C)(C)NCC(O)COc1ccccc1Cl. The van der Waals surface area contributed by atoms with E-state index in [4.69, 9.17) is 16.3 Å². The van der Waals surface area contributed by atoms with Crippen molar-refractivity contribution in [2.75, 3.05) is 13.2 Å². The molecule has 0 fully saturated rings. The number of para-hydroxylation sites is 1. The Labute approximate surface area is 120 Å². The number of hydrogen-bond donors (Lipinski definition) is 2. The van der Waals surface area contributed by atoms with Gasteiger partial charge in [-0.25, -0.2) is 0 Å². The molecule has 0 heterocycles. The Kier molecular flexibility index (Phi) is 6.63. The standard InChI is InChI=1S/C15H24ClNO2/c1-4-9-15(2,3)17-10-12(18)11-19-14-8-6-5-7-13(14)16/h5-8,12,17-18H,4,9-11H2,1-3H3. The molecular formula is C15H24ClNO2. The average molecular weight is 286 g/mol. The van der Waals surface area contributed by atoms with E-state index in [0.29, 0.717) is 17.3 Å². The van der Waals surface area contributed by atoms with E-state index >= 15 is 0 Å². The second-order valence-corrected chi connectivity index (χ2v) is 5.82. The molecule has 0 spiro atoms. The number of hydrogen-bond acceptors (Lipinski definition) is 3. The van der Waals surface area contributed by atoms with Crippen LogP contribution in [-0.4, -0.2) is 29.9 Å². The van der Waals surface area contributed by atoms with Gasteiger partial charge in [0.15, 0.2) is 0 Å². The predicted molar refractivity (Wildman–Crippen MR) is 79.9 cm³/mol. The number of nitrogens with one attached hydrogen (secondary N) is 1. The fraction of sp³-hybridized carbons (Fsp3) is 0.600. The Hall–Kier alpha value is -0.770. The third-order valence-corrected chi connectivity index (χ3v) is 3.27. The molecule has 1 aromatic rings. The molecule has 1 rings (SSSR count). The Morgan fingerprint density at radius 1 is 1.37 bits per heavy atom. The highest BCUT2D eigenvalue weighted by Crippen LogP contribution is 2.23. The van der Waals surface area contributed by atoms with Gasteiger partial charge in [-0.2, -0.15) is 0 Å². The van der Waals surface area contributed by atoms with E-state index in [1.165, 1.54) is 0 Å². The molecular weight excluding hydrogens is 262 g/mol. The zero-order valence-electron chi connectivity index (χ0n) is 11.9. The summed E-state index contributed by atoms with van der Waals surface area (Å²) in [5.74, 6) is 0.607. The van der Waals surface area contributed by atoms with E-state index in [-0.39, 0.29) is 12.1 Å². The Balaban J connectivity index is 2.32. The summed E-state index contributed by atoms with van der Waals surface area (Å²) in [6.45, 7) is 7.17. The molecule has 0 aromatic heterocycles. The van der Waals surface area contributed by atoms with Crippen LogP contribution in [0, 0.1) is 0 Å². The minimum Gasteiger partial charge on any atom is -0.489 e. The summed E-state index contributed by atoms with van der Waals surface area (Å²) in [6, 6.07) is 7.27. The van der Waals surface area contributed by atoms with E-state index in [0.717, 1.165) is 12.8 Å². The summed E-state index contributed by atoms with van der Waals surface area (Å²) in [7, 11) is 0. The van der Waals surface area contributed by atoms with Gasteiger partial charge in [0.25, 0.3) is 0 Å². The first kappa shape index (κ1) is 16.3. The lowest BCUT2D eigenvalue weighted by Gasteiger charge is -2.27. The molecule has 0 aliphatic rings. The molecule has 0 aliphatic heterocycles. The van der Waals surface area contributed by atoms with Crippen LogP contribution in [0.2, 0.25) is 5.02 Å². The van der Waals surface area contributed by atoms with Crippen LogP contribution < -0.4 is 10.1 Å². The number of ether oxygens (including phenoxy) is 1. The number of aliphatic hydroxyl groups excluding tert-OH is 1. The second kappa shape index (κ2) is 7.73. The van der Waals surface area contributed by atoms with Crippen molar-refractivity contribution in [3.63, 3.8) is 0 Å². The lowest BCUT2D eigenvalue weighted by molar-refractivity contribution is 0.0981. The monoisotopic (exact) mass is 285 g/mol. The van der Waals surface area contributed by atoms with Gasteiger partial charge in [0.1, 0.15) is 18.5 Å². The van der Waals surface area contributed by atoms with E-state index in [2.05, 4.69) is 26.1 Å². The predicted octanol–water partition coefficient (Wildman–Crippen LogP) is 3.25. The first-order valence-corrected chi connectivity index (χ1v) is 7.13. The summed E-state index contributed by atoms with van der Waals surface area (Å²) >= 11 is 5.98. The molecule has 0 saturated carbocycles. The lowest BCUT2D eigenvalue weighted by atomic mass is 9.99. The summed E-state index contributed by atoms with van der Waals surface area (Å²) < 4.78 is 5.50. The van der Waals surface area contributed by atoms with Gasteiger partial charge in [0.05, 0.1) is 5.02 Å². The summed E-state index contributed by atoms with van der Waals surface area (Å²) in [5, 5.41) is 13.8. The van der Waals surface area contributed by atoms with Crippen molar-refractivity contribution in [1.82, 2.24) is 5.32 Å². The van der Waals surface area contributed by atoms with Crippen LogP contribution in [0.1, 0.15) is 33.6 Å². The summed E-state index contributed by atoms with van der Waals surface area (Å²) in [4.78, 5) is 0. The topological polar surface area (TPSA) is 41.5 Å². The Morgan fingerprint density at radius 3 is 2.68 bits per heavy atom. The number of rotatable bonds is 8. The van der Waals surface area contributed by atoms with Crippen LogP contribution in [0.25, 0.3) is 0 Å². The highest BCUT2D eigenvalue weighted by Gasteiger charge is 2.17. The minimum atomic E-state index is -0.549. The molecule has 1 atom stereocenters. The van der Waals surface area contributed by atoms with Gasteiger partial charge in [-0.05, 0) is 32.4 Å². The number of benzene rings is 1. The van der Waals surface area contributed by atoms with Crippen LogP contribution in [0.5, 0.6) is 5.75 Å². The molecule has 0 bridgehead atoms. The molecule has 0 radical (unpaired) electrons. The van der Waals surface area contributed by atoms with Gasteiger partial charge in [-0.3, -0.25) is 0 Å². The van der Waals surface area contributed by atoms with Crippen molar-refractivity contribution in [3.8, 4) is 5.75 Å². The highest BCUT2D eigenvalue weighted by molar-refractivity contribution is 6.32. The van der Waals surface area contributed by atoms with E-state index in [1.54, 1.807) is 12.1 Å². The molecule has 0 saturated heterocycles. The van der Waals surface area contributed by atoms with Crippen molar-refractivity contribution < 1.29 is 9.84 Å². The van der Waals surface area contributed by atoms with Crippen LogP contribution >= 0.6 is 11.6 Å². The normalized spacial score (nSPS) is 13.3. The first-order valence-electron chi connectivity index (χ1n) is 6.75. The third kappa shape index (κ3) is 6.28. The quantitative estimate of drug-likeness (QED) is 0.770. The zero-order valence-corrected chi connectivity index (χ0v) is 12.7. The first-order chi connectivity index (χ1) is 8.94. The zero-order chi connectivity index (χ0) is 14.3. The average Bonchev–Trinajstić information content (AvgIpc) is 2.35. The fourth-order valence-electron chi connectivity index (χ4n) is 1.91. The number of halogens is 1. The Morgan fingerprint density at radius 2 is 2.05 bits per heavy atom. The van der Waals surface area contributed by atoms with E-state index in [1.807, 2.05) is 12.1 Å². The molecule has 4 heteroatoms. The minimum absolute atomic E-state index is 0.0418.